The Morgan fingerprint density at radius 1 is 1.09 bits per heavy atom. The lowest BCUT2D eigenvalue weighted by Crippen LogP contribution is -2.42. The Bertz CT molecular complexity index is 1510. The summed E-state index contributed by atoms with van der Waals surface area (Å²) in [6.07, 6.45) is -2.87. The second-order valence-corrected chi connectivity index (χ2v) is 9.01. The van der Waals surface area contributed by atoms with Gasteiger partial charge in [0.1, 0.15) is 28.5 Å². The molecule has 12 heteroatoms. The first-order valence-electron chi connectivity index (χ1n) is 9.74. The number of fused-ring (bicyclic) bond motifs is 1. The molecule has 4 rings (SSSR count). The predicted octanol–water partition coefficient (Wildman–Crippen LogP) is 4.33. The summed E-state index contributed by atoms with van der Waals surface area (Å²) >= 11 is 0. The first-order valence-corrected chi connectivity index (χ1v) is 11.2. The molecule has 3 aromatic heterocycles. The minimum atomic E-state index is -4.76. The summed E-state index contributed by atoms with van der Waals surface area (Å²) in [6.45, 7) is 0.684. The van der Waals surface area contributed by atoms with Gasteiger partial charge in [-0.05, 0) is 37.3 Å². The van der Waals surface area contributed by atoms with Crippen molar-refractivity contribution in [2.75, 3.05) is 0 Å². The van der Waals surface area contributed by atoms with Crippen LogP contribution in [0.2, 0.25) is 0 Å². The fourth-order valence-electron chi connectivity index (χ4n) is 3.37. The van der Waals surface area contributed by atoms with Crippen LogP contribution in [0.4, 0.5) is 17.6 Å². The topological polar surface area (TPSA) is 101 Å². The monoisotopic (exact) mass is 489 g/mol. The van der Waals surface area contributed by atoms with Gasteiger partial charge in [-0.15, -0.1) is 0 Å². The smallest absolute Gasteiger partial charge is 0.291 e. The van der Waals surface area contributed by atoms with E-state index in [4.69, 9.17) is 0 Å². The summed E-state index contributed by atoms with van der Waals surface area (Å²) in [5.41, 5.74) is 1.28. The van der Waals surface area contributed by atoms with Crippen molar-refractivity contribution < 1.29 is 26.0 Å². The number of benzene rings is 1. The highest BCUT2D eigenvalue weighted by Gasteiger charge is 2.39. The minimum absolute atomic E-state index is 0.0535. The third-order valence-electron chi connectivity index (χ3n) is 5.01. The van der Waals surface area contributed by atoms with E-state index < -0.39 is 33.0 Å². The second kappa shape index (κ2) is 8.51. The molecule has 1 aromatic carbocycles. The number of hydrogen-bond acceptors (Lipinski definition) is 5. The van der Waals surface area contributed by atoms with Crippen LogP contribution in [0.3, 0.4) is 0 Å². The fourth-order valence-corrected chi connectivity index (χ4v) is 4.54. The first kappa shape index (κ1) is 23.3. The zero-order chi connectivity index (χ0) is 24.7. The third kappa shape index (κ3) is 4.23. The van der Waals surface area contributed by atoms with Crippen molar-refractivity contribution in [3.05, 3.63) is 72.3 Å². The lowest BCUT2D eigenvalue weighted by molar-refractivity contribution is -0.147. The van der Waals surface area contributed by atoms with Gasteiger partial charge in [0.15, 0.2) is 0 Å². The van der Waals surface area contributed by atoms with Crippen LogP contribution in [0, 0.1) is 17.1 Å². The Labute approximate surface area is 191 Å². The quantitative estimate of drug-likeness (QED) is 0.421. The molecule has 0 fully saturated rings. The molecule has 7 nitrogen and oxygen atoms in total. The molecular formula is C22H15F4N5O2S. The van der Waals surface area contributed by atoms with Crippen LogP contribution in [-0.4, -0.2) is 35.2 Å². The number of nitriles is 1. The fraction of sp³-hybridized carbons (Fsp3) is 0.136. The van der Waals surface area contributed by atoms with Crippen LogP contribution in [0.15, 0.2) is 65.8 Å². The third-order valence-corrected chi connectivity index (χ3v) is 6.54. The summed E-state index contributed by atoms with van der Waals surface area (Å²) < 4.78 is 80.2. The number of nitrogens with one attached hydrogen (secondary N) is 1. The zero-order valence-corrected chi connectivity index (χ0v) is 18.2. The lowest BCUT2D eigenvalue weighted by Gasteiger charge is -2.17. The normalized spacial score (nSPS) is 13.1. The number of sulfonamides is 1. The molecule has 1 atom stereocenters. The molecule has 0 amide bonds. The molecule has 1 N–H and O–H groups in total. The van der Waals surface area contributed by atoms with Crippen LogP contribution in [0.25, 0.3) is 28.1 Å². The SMILES string of the molecule is CC(NS(=O)(=O)c1ccc(-c2c(C#N)c3cc(F)cnc3n2-c2ccccc2)nc1)C(F)(F)F. The van der Waals surface area contributed by atoms with Crippen LogP contribution < -0.4 is 4.72 Å². The van der Waals surface area contributed by atoms with Crippen LogP contribution in [-0.2, 0) is 10.0 Å². The summed E-state index contributed by atoms with van der Waals surface area (Å²) in [5.74, 6) is -0.653. The van der Waals surface area contributed by atoms with E-state index in [-0.39, 0.29) is 28.0 Å². The van der Waals surface area contributed by atoms with Gasteiger partial charge in [-0.25, -0.2) is 17.8 Å². The van der Waals surface area contributed by atoms with E-state index in [2.05, 4.69) is 9.97 Å². The number of halogens is 4. The maximum Gasteiger partial charge on any atom is 0.404 e. The molecule has 0 aliphatic heterocycles. The van der Waals surface area contributed by atoms with E-state index in [0.29, 0.717) is 12.6 Å². The molecule has 1 unspecified atom stereocenters. The Morgan fingerprint density at radius 3 is 2.38 bits per heavy atom. The van der Waals surface area contributed by atoms with Crippen molar-refractivity contribution >= 4 is 21.1 Å². The molecule has 3 heterocycles. The highest BCUT2D eigenvalue weighted by molar-refractivity contribution is 7.89. The number of pyridine rings is 2. The number of rotatable bonds is 5. The van der Waals surface area contributed by atoms with Crippen LogP contribution in [0.5, 0.6) is 0 Å². The molecule has 0 spiro atoms. The molecule has 0 aliphatic rings. The van der Waals surface area contributed by atoms with E-state index in [9.17, 15) is 31.2 Å². The van der Waals surface area contributed by atoms with E-state index in [1.54, 1.807) is 39.6 Å². The zero-order valence-electron chi connectivity index (χ0n) is 17.4. The highest BCUT2D eigenvalue weighted by Crippen LogP contribution is 2.35. The molecule has 0 aliphatic carbocycles. The van der Waals surface area contributed by atoms with Gasteiger partial charge >= 0.3 is 6.18 Å². The van der Waals surface area contributed by atoms with Gasteiger partial charge in [0.05, 0.1) is 23.1 Å². The molecule has 0 saturated heterocycles. The highest BCUT2D eigenvalue weighted by atomic mass is 32.2. The molecule has 174 valence electrons. The van der Waals surface area contributed by atoms with Crippen molar-refractivity contribution in [2.45, 2.75) is 24.0 Å². The van der Waals surface area contributed by atoms with Gasteiger partial charge in [0, 0.05) is 17.3 Å². The van der Waals surface area contributed by atoms with Crippen molar-refractivity contribution in [3.63, 3.8) is 0 Å². The molecular weight excluding hydrogens is 474 g/mol. The Hall–Kier alpha value is -3.82. The van der Waals surface area contributed by atoms with E-state index in [1.807, 2.05) is 6.07 Å². The standard InChI is InChI=1S/C22H15F4N5O2S/c1-13(22(24,25)26)30-34(32,33)16-7-8-19(28-12-16)20-18(10-27)17-9-14(23)11-29-21(17)31(20)15-5-3-2-4-6-15/h2-9,11-13,30H,1H3. The number of hydrogen-bond donors (Lipinski definition) is 1. The van der Waals surface area contributed by atoms with Crippen molar-refractivity contribution in [3.8, 4) is 23.1 Å². The summed E-state index contributed by atoms with van der Waals surface area (Å²) in [6, 6.07) is 12.0. The van der Waals surface area contributed by atoms with E-state index >= 15 is 0 Å². The predicted molar refractivity (Wildman–Crippen MR) is 115 cm³/mol. The molecule has 0 saturated carbocycles. The Kier molecular flexibility index (Phi) is 5.84. The second-order valence-electron chi connectivity index (χ2n) is 7.29. The van der Waals surface area contributed by atoms with Crippen molar-refractivity contribution in [1.82, 2.24) is 19.3 Å². The molecule has 0 bridgehead atoms. The maximum atomic E-state index is 13.9. The van der Waals surface area contributed by atoms with Crippen LogP contribution in [0.1, 0.15) is 12.5 Å². The minimum Gasteiger partial charge on any atom is -0.291 e. The van der Waals surface area contributed by atoms with Gasteiger partial charge < -0.3 is 0 Å². The summed E-state index contributed by atoms with van der Waals surface area (Å²) in [4.78, 5) is 7.74. The van der Waals surface area contributed by atoms with Gasteiger partial charge in [-0.1, -0.05) is 18.2 Å². The average Bonchev–Trinajstić information content (AvgIpc) is 3.12. The van der Waals surface area contributed by atoms with Crippen LogP contribution >= 0.6 is 0 Å². The number of para-hydroxylation sites is 1. The number of alkyl halides is 3. The largest absolute Gasteiger partial charge is 0.404 e. The lowest BCUT2D eigenvalue weighted by atomic mass is 10.1. The summed E-state index contributed by atoms with van der Waals surface area (Å²) in [5, 5.41) is 10.1. The molecule has 0 radical (unpaired) electrons. The van der Waals surface area contributed by atoms with E-state index in [0.717, 1.165) is 24.5 Å². The van der Waals surface area contributed by atoms with Gasteiger partial charge in [0.25, 0.3) is 0 Å². The Balaban J connectivity index is 1.87. The van der Waals surface area contributed by atoms with Gasteiger partial charge in [-0.2, -0.15) is 23.2 Å². The van der Waals surface area contributed by atoms with E-state index in [1.165, 1.54) is 6.07 Å². The van der Waals surface area contributed by atoms with Gasteiger partial charge in [0.2, 0.25) is 10.0 Å². The Morgan fingerprint density at radius 2 is 1.79 bits per heavy atom. The maximum absolute atomic E-state index is 13.9. The van der Waals surface area contributed by atoms with Crippen molar-refractivity contribution in [2.24, 2.45) is 0 Å². The first-order chi connectivity index (χ1) is 16.0. The molecule has 34 heavy (non-hydrogen) atoms. The van der Waals surface area contributed by atoms with Gasteiger partial charge in [-0.3, -0.25) is 9.55 Å². The summed E-state index contributed by atoms with van der Waals surface area (Å²) in [7, 11) is -4.52. The average molecular weight is 489 g/mol. The number of aromatic nitrogens is 3. The van der Waals surface area contributed by atoms with Crippen molar-refractivity contribution in [1.29, 1.82) is 5.26 Å². The molecule has 4 aromatic rings. The number of nitrogens with zero attached hydrogens (tertiary/aromatic N) is 4.